The number of nitrogens with one attached hydrogen (secondary N) is 2. The highest BCUT2D eigenvalue weighted by molar-refractivity contribution is 5.85. The van der Waals surface area contributed by atoms with E-state index in [4.69, 9.17) is 4.74 Å². The number of hydrogen-bond acceptors (Lipinski definition) is 3. The summed E-state index contributed by atoms with van der Waals surface area (Å²) in [5, 5.41) is 6.51. The highest BCUT2D eigenvalue weighted by Crippen LogP contribution is 2.17. The molecule has 130 valence electrons. The molecule has 2 N–H and O–H groups in total. The Morgan fingerprint density at radius 1 is 1.39 bits per heavy atom. The van der Waals surface area contributed by atoms with E-state index in [9.17, 15) is 4.79 Å². The maximum absolute atomic E-state index is 12.2. The Labute approximate surface area is 145 Å². The second-order valence-electron chi connectivity index (χ2n) is 6.48. The van der Waals surface area contributed by atoms with Crippen molar-refractivity contribution in [2.45, 2.75) is 39.2 Å². The number of benzene rings is 1. The SMILES string of the molecule is COc1ccc(CC(C)CNC(=O)[C@H]2CCN[C@@H](C)C2)cc1.Cl. The molecule has 0 saturated carbocycles. The van der Waals surface area contributed by atoms with Gasteiger partial charge in [0.1, 0.15) is 5.75 Å². The van der Waals surface area contributed by atoms with Gasteiger partial charge in [-0.1, -0.05) is 19.1 Å². The number of ether oxygens (including phenoxy) is 1. The van der Waals surface area contributed by atoms with E-state index in [1.807, 2.05) is 12.1 Å². The van der Waals surface area contributed by atoms with Crippen LogP contribution in [-0.4, -0.2) is 32.1 Å². The fourth-order valence-electron chi connectivity index (χ4n) is 3.03. The Balaban J connectivity index is 0.00000264. The van der Waals surface area contributed by atoms with Gasteiger partial charge in [0.25, 0.3) is 0 Å². The van der Waals surface area contributed by atoms with Gasteiger partial charge in [0.05, 0.1) is 7.11 Å². The molecule has 1 aliphatic heterocycles. The molecule has 1 aliphatic rings. The van der Waals surface area contributed by atoms with Crippen LogP contribution in [0.5, 0.6) is 5.75 Å². The molecule has 1 aromatic carbocycles. The van der Waals surface area contributed by atoms with Crippen molar-refractivity contribution in [2.75, 3.05) is 20.2 Å². The minimum Gasteiger partial charge on any atom is -0.497 e. The van der Waals surface area contributed by atoms with E-state index in [1.54, 1.807) is 7.11 Å². The molecule has 23 heavy (non-hydrogen) atoms. The smallest absolute Gasteiger partial charge is 0.223 e. The van der Waals surface area contributed by atoms with Crippen LogP contribution in [0.1, 0.15) is 32.3 Å². The van der Waals surface area contributed by atoms with Gasteiger partial charge in [0.15, 0.2) is 0 Å². The third kappa shape index (κ3) is 6.40. The first-order valence-electron chi connectivity index (χ1n) is 8.22. The average molecular weight is 341 g/mol. The maximum atomic E-state index is 12.2. The molecular formula is C18H29ClN2O2. The third-order valence-electron chi connectivity index (χ3n) is 4.36. The van der Waals surface area contributed by atoms with Crippen LogP contribution in [0.3, 0.4) is 0 Å². The van der Waals surface area contributed by atoms with Crippen molar-refractivity contribution >= 4 is 18.3 Å². The Kier molecular flexibility index (Phi) is 8.42. The summed E-state index contributed by atoms with van der Waals surface area (Å²) in [7, 11) is 1.68. The topological polar surface area (TPSA) is 50.4 Å². The number of carbonyl (C=O) groups is 1. The summed E-state index contributed by atoms with van der Waals surface area (Å²) in [6.07, 6.45) is 2.86. The standard InChI is InChI=1S/C18H28N2O2.ClH/c1-13(10-15-4-6-17(22-3)7-5-15)12-20-18(21)16-8-9-19-14(2)11-16;/h4-7,13-14,16,19H,8-12H2,1-3H3,(H,20,21);1H/t13?,14-,16-;/m0./s1. The number of amides is 1. The lowest BCUT2D eigenvalue weighted by molar-refractivity contribution is -0.126. The van der Waals surface area contributed by atoms with E-state index in [0.29, 0.717) is 12.0 Å². The van der Waals surface area contributed by atoms with E-state index in [-0.39, 0.29) is 24.2 Å². The first-order valence-corrected chi connectivity index (χ1v) is 8.22. The van der Waals surface area contributed by atoms with Gasteiger partial charge in [0.2, 0.25) is 5.91 Å². The van der Waals surface area contributed by atoms with Crippen molar-refractivity contribution < 1.29 is 9.53 Å². The minimum absolute atomic E-state index is 0. The summed E-state index contributed by atoms with van der Waals surface area (Å²) in [5.74, 6) is 1.69. The Morgan fingerprint density at radius 3 is 2.70 bits per heavy atom. The van der Waals surface area contributed by atoms with E-state index >= 15 is 0 Å². The van der Waals surface area contributed by atoms with E-state index in [1.165, 1.54) is 5.56 Å². The predicted octanol–water partition coefficient (Wildman–Crippen LogP) is 2.80. The van der Waals surface area contributed by atoms with Gasteiger partial charge in [0, 0.05) is 18.5 Å². The summed E-state index contributed by atoms with van der Waals surface area (Å²) < 4.78 is 5.17. The van der Waals surface area contributed by atoms with Crippen molar-refractivity contribution in [1.82, 2.24) is 10.6 Å². The quantitative estimate of drug-likeness (QED) is 0.837. The van der Waals surface area contributed by atoms with Gasteiger partial charge >= 0.3 is 0 Å². The molecule has 1 heterocycles. The zero-order chi connectivity index (χ0) is 15.9. The fourth-order valence-corrected chi connectivity index (χ4v) is 3.03. The van der Waals surface area contributed by atoms with Crippen molar-refractivity contribution in [3.05, 3.63) is 29.8 Å². The highest BCUT2D eigenvalue weighted by Gasteiger charge is 2.24. The molecule has 3 atom stereocenters. The molecule has 0 aromatic heterocycles. The number of carbonyl (C=O) groups excluding carboxylic acids is 1. The number of rotatable bonds is 6. The van der Waals surface area contributed by atoms with E-state index in [0.717, 1.165) is 38.1 Å². The normalized spacial score (nSPS) is 21.9. The van der Waals surface area contributed by atoms with Crippen LogP contribution in [0.2, 0.25) is 0 Å². The summed E-state index contributed by atoms with van der Waals surface area (Å²) >= 11 is 0. The van der Waals surface area contributed by atoms with Crippen LogP contribution >= 0.6 is 12.4 Å². The first-order chi connectivity index (χ1) is 10.6. The molecule has 1 aromatic rings. The molecule has 0 aliphatic carbocycles. The highest BCUT2D eigenvalue weighted by atomic mass is 35.5. The zero-order valence-corrected chi connectivity index (χ0v) is 15.1. The number of piperidine rings is 1. The Bertz CT molecular complexity index is 478. The van der Waals surface area contributed by atoms with Crippen molar-refractivity contribution in [1.29, 1.82) is 0 Å². The average Bonchev–Trinajstić information content (AvgIpc) is 2.53. The molecule has 1 saturated heterocycles. The van der Waals surface area contributed by atoms with Crippen LogP contribution in [0.4, 0.5) is 0 Å². The van der Waals surface area contributed by atoms with Crippen molar-refractivity contribution in [2.24, 2.45) is 11.8 Å². The molecular weight excluding hydrogens is 312 g/mol. The molecule has 0 bridgehead atoms. The van der Waals surface area contributed by atoms with Crippen LogP contribution < -0.4 is 15.4 Å². The molecule has 4 nitrogen and oxygen atoms in total. The maximum Gasteiger partial charge on any atom is 0.223 e. The summed E-state index contributed by atoms with van der Waals surface area (Å²) in [6.45, 7) is 6.01. The number of methoxy groups -OCH3 is 1. The monoisotopic (exact) mass is 340 g/mol. The largest absolute Gasteiger partial charge is 0.497 e. The van der Waals surface area contributed by atoms with Gasteiger partial charge in [-0.15, -0.1) is 12.4 Å². The first kappa shape index (κ1) is 19.8. The molecule has 5 heteroatoms. The van der Waals surface area contributed by atoms with Gasteiger partial charge in [-0.3, -0.25) is 4.79 Å². The number of halogens is 1. The Hall–Kier alpha value is -1.26. The molecule has 1 fully saturated rings. The van der Waals surface area contributed by atoms with Gasteiger partial charge in [-0.05, 0) is 56.3 Å². The molecule has 1 amide bonds. The third-order valence-corrected chi connectivity index (χ3v) is 4.36. The van der Waals surface area contributed by atoms with Gasteiger partial charge in [-0.2, -0.15) is 0 Å². The molecule has 2 rings (SSSR count). The lowest BCUT2D eigenvalue weighted by Gasteiger charge is -2.27. The van der Waals surface area contributed by atoms with E-state index in [2.05, 4.69) is 36.6 Å². The van der Waals surface area contributed by atoms with E-state index < -0.39 is 0 Å². The van der Waals surface area contributed by atoms with Crippen molar-refractivity contribution in [3.63, 3.8) is 0 Å². The summed E-state index contributed by atoms with van der Waals surface area (Å²) in [5.41, 5.74) is 1.28. The lowest BCUT2D eigenvalue weighted by Crippen LogP contribution is -2.43. The van der Waals surface area contributed by atoms with Gasteiger partial charge < -0.3 is 15.4 Å². The second-order valence-corrected chi connectivity index (χ2v) is 6.48. The lowest BCUT2D eigenvalue weighted by atomic mass is 9.92. The van der Waals surface area contributed by atoms with Crippen molar-refractivity contribution in [3.8, 4) is 5.75 Å². The Morgan fingerprint density at radius 2 is 2.09 bits per heavy atom. The minimum atomic E-state index is 0. The summed E-state index contributed by atoms with van der Waals surface area (Å²) in [6, 6.07) is 8.59. The number of hydrogen-bond donors (Lipinski definition) is 2. The van der Waals surface area contributed by atoms with Crippen LogP contribution in [0.15, 0.2) is 24.3 Å². The predicted molar refractivity (Wildman–Crippen MR) is 96.3 cm³/mol. The molecule has 0 radical (unpaired) electrons. The van der Waals surface area contributed by atoms with Crippen LogP contribution in [0, 0.1) is 11.8 Å². The molecule has 0 spiro atoms. The summed E-state index contributed by atoms with van der Waals surface area (Å²) in [4.78, 5) is 12.2. The zero-order valence-electron chi connectivity index (χ0n) is 14.3. The molecule has 1 unspecified atom stereocenters. The second kappa shape index (κ2) is 9.78. The van der Waals surface area contributed by atoms with Crippen LogP contribution in [0.25, 0.3) is 0 Å². The van der Waals surface area contributed by atoms with Gasteiger partial charge in [-0.25, -0.2) is 0 Å². The van der Waals surface area contributed by atoms with Crippen LogP contribution in [-0.2, 0) is 11.2 Å². The fraction of sp³-hybridized carbons (Fsp3) is 0.611.